The molecule has 0 spiro atoms. The standard InChI is InChI=1S/C26H35N3O5/c1-19(2)17-23(28-26(32)34-18-21-13-9-6-10-14-21)24(30)27-22(25(31)29(3)33-4)16-15-20-11-7-5-8-12-20/h5-14,19,22-23H,15-18H2,1-4H3,(H,27,30)(H,28,32)/t22-,23-/m0/s1. The van der Waals surface area contributed by atoms with Gasteiger partial charge in [-0.2, -0.15) is 0 Å². The summed E-state index contributed by atoms with van der Waals surface area (Å²) >= 11 is 0. The molecule has 0 bridgehead atoms. The van der Waals surface area contributed by atoms with Crippen LogP contribution in [0.25, 0.3) is 0 Å². The highest BCUT2D eigenvalue weighted by Crippen LogP contribution is 2.10. The zero-order valence-corrected chi connectivity index (χ0v) is 20.3. The monoisotopic (exact) mass is 469 g/mol. The van der Waals surface area contributed by atoms with E-state index in [1.54, 1.807) is 0 Å². The number of nitrogens with one attached hydrogen (secondary N) is 2. The SMILES string of the molecule is CON(C)C(=O)[C@H](CCc1ccccc1)NC(=O)[C@H](CC(C)C)NC(=O)OCc1ccccc1. The molecular weight excluding hydrogens is 434 g/mol. The van der Waals surface area contributed by atoms with Crippen molar-refractivity contribution in [1.29, 1.82) is 0 Å². The first kappa shape index (κ1) is 26.9. The fourth-order valence-corrected chi connectivity index (χ4v) is 3.40. The van der Waals surface area contributed by atoms with E-state index in [-0.39, 0.29) is 18.4 Å². The lowest BCUT2D eigenvalue weighted by molar-refractivity contribution is -0.171. The van der Waals surface area contributed by atoms with Gasteiger partial charge < -0.3 is 15.4 Å². The van der Waals surface area contributed by atoms with Gasteiger partial charge in [0.25, 0.3) is 5.91 Å². The highest BCUT2D eigenvalue weighted by molar-refractivity contribution is 5.91. The van der Waals surface area contributed by atoms with Gasteiger partial charge >= 0.3 is 6.09 Å². The van der Waals surface area contributed by atoms with E-state index in [0.29, 0.717) is 19.3 Å². The van der Waals surface area contributed by atoms with Crippen LogP contribution in [0.1, 0.15) is 37.8 Å². The molecule has 2 aromatic rings. The third-order valence-electron chi connectivity index (χ3n) is 5.29. The normalized spacial score (nSPS) is 12.5. The maximum Gasteiger partial charge on any atom is 0.408 e. The Kier molecular flexibility index (Phi) is 11.1. The van der Waals surface area contributed by atoms with E-state index in [9.17, 15) is 14.4 Å². The van der Waals surface area contributed by atoms with Gasteiger partial charge in [-0.3, -0.25) is 14.4 Å². The van der Waals surface area contributed by atoms with E-state index in [0.717, 1.165) is 16.2 Å². The lowest BCUT2D eigenvalue weighted by Gasteiger charge is -2.26. The number of amides is 3. The molecule has 0 aliphatic carbocycles. The molecule has 0 heterocycles. The van der Waals surface area contributed by atoms with Crippen LogP contribution in [0.4, 0.5) is 4.79 Å². The summed E-state index contributed by atoms with van der Waals surface area (Å²) in [5.41, 5.74) is 1.90. The van der Waals surface area contributed by atoms with Gasteiger partial charge in [-0.25, -0.2) is 9.86 Å². The van der Waals surface area contributed by atoms with E-state index in [4.69, 9.17) is 9.57 Å². The number of benzene rings is 2. The van der Waals surface area contributed by atoms with E-state index < -0.39 is 24.1 Å². The molecule has 0 aliphatic heterocycles. The Balaban J connectivity index is 2.04. The molecular formula is C26H35N3O5. The smallest absolute Gasteiger partial charge is 0.408 e. The number of likely N-dealkylation sites (N-methyl/N-ethyl adjacent to an activating group) is 1. The number of ether oxygens (including phenoxy) is 1. The van der Waals surface area contributed by atoms with Crippen LogP contribution in [-0.2, 0) is 32.2 Å². The summed E-state index contributed by atoms with van der Waals surface area (Å²) in [6.07, 6.45) is 0.684. The number of hydroxylamine groups is 2. The molecule has 0 saturated heterocycles. The van der Waals surface area contributed by atoms with Crippen LogP contribution < -0.4 is 10.6 Å². The number of carbonyl (C=O) groups excluding carboxylic acids is 3. The Labute approximate surface area is 201 Å². The number of aryl methyl sites for hydroxylation is 1. The summed E-state index contributed by atoms with van der Waals surface area (Å²) < 4.78 is 5.28. The minimum atomic E-state index is -0.844. The molecule has 0 aliphatic rings. The van der Waals surface area contributed by atoms with Crippen molar-refractivity contribution in [2.75, 3.05) is 14.2 Å². The van der Waals surface area contributed by atoms with Crippen molar-refractivity contribution in [2.24, 2.45) is 5.92 Å². The lowest BCUT2D eigenvalue weighted by atomic mass is 10.0. The summed E-state index contributed by atoms with van der Waals surface area (Å²) in [6.45, 7) is 4.00. The van der Waals surface area contributed by atoms with E-state index in [1.807, 2.05) is 74.5 Å². The molecule has 2 rings (SSSR count). The van der Waals surface area contributed by atoms with Gasteiger partial charge in [-0.05, 0) is 36.3 Å². The quantitative estimate of drug-likeness (QED) is 0.464. The van der Waals surface area contributed by atoms with Crippen molar-refractivity contribution < 1.29 is 24.0 Å². The van der Waals surface area contributed by atoms with E-state index in [1.165, 1.54) is 14.2 Å². The van der Waals surface area contributed by atoms with Gasteiger partial charge in [-0.15, -0.1) is 0 Å². The number of nitrogens with zero attached hydrogens (tertiary/aromatic N) is 1. The van der Waals surface area contributed by atoms with Gasteiger partial charge in [-0.1, -0.05) is 74.5 Å². The maximum atomic E-state index is 13.1. The maximum absolute atomic E-state index is 13.1. The highest BCUT2D eigenvalue weighted by atomic mass is 16.7. The summed E-state index contributed by atoms with van der Waals surface area (Å²) in [5, 5.41) is 6.55. The van der Waals surface area contributed by atoms with Crippen molar-refractivity contribution in [3.63, 3.8) is 0 Å². The second kappa shape index (κ2) is 14.0. The van der Waals surface area contributed by atoms with Crippen molar-refractivity contribution >= 4 is 17.9 Å². The Morgan fingerprint density at radius 2 is 1.47 bits per heavy atom. The van der Waals surface area contributed by atoms with Gasteiger partial charge in [0.2, 0.25) is 5.91 Å². The minimum absolute atomic E-state index is 0.0967. The highest BCUT2D eigenvalue weighted by Gasteiger charge is 2.29. The summed E-state index contributed by atoms with van der Waals surface area (Å²) in [5.74, 6) is -0.687. The second-order valence-corrected chi connectivity index (χ2v) is 8.49. The largest absolute Gasteiger partial charge is 0.445 e. The van der Waals surface area contributed by atoms with Crippen molar-refractivity contribution in [2.45, 2.75) is 51.8 Å². The summed E-state index contributed by atoms with van der Waals surface area (Å²) in [6, 6.07) is 17.3. The summed E-state index contributed by atoms with van der Waals surface area (Å²) in [7, 11) is 2.88. The van der Waals surface area contributed by atoms with Gasteiger partial charge in [0, 0.05) is 7.05 Å². The second-order valence-electron chi connectivity index (χ2n) is 8.49. The number of hydrogen-bond acceptors (Lipinski definition) is 5. The number of rotatable bonds is 12. The predicted molar refractivity (Wildman–Crippen MR) is 129 cm³/mol. The first-order valence-electron chi connectivity index (χ1n) is 11.4. The number of carbonyl (C=O) groups is 3. The Morgan fingerprint density at radius 1 is 0.882 bits per heavy atom. The molecule has 34 heavy (non-hydrogen) atoms. The molecule has 2 atom stereocenters. The average molecular weight is 470 g/mol. The van der Waals surface area contributed by atoms with E-state index >= 15 is 0 Å². The average Bonchev–Trinajstić information content (AvgIpc) is 2.84. The molecule has 0 aromatic heterocycles. The zero-order chi connectivity index (χ0) is 24.9. The Bertz CT molecular complexity index is 905. The molecule has 8 nitrogen and oxygen atoms in total. The molecule has 0 saturated carbocycles. The number of hydrogen-bond donors (Lipinski definition) is 2. The van der Waals surface area contributed by atoms with Gasteiger partial charge in [0.1, 0.15) is 18.7 Å². The third-order valence-corrected chi connectivity index (χ3v) is 5.29. The van der Waals surface area contributed by atoms with Crippen LogP contribution in [-0.4, -0.2) is 49.2 Å². The molecule has 0 fully saturated rings. The number of alkyl carbamates (subject to hydrolysis) is 1. The van der Waals surface area contributed by atoms with Crippen LogP contribution in [0.15, 0.2) is 60.7 Å². The first-order chi connectivity index (χ1) is 16.3. The Morgan fingerprint density at radius 3 is 2.03 bits per heavy atom. The van der Waals surface area contributed by atoms with Crippen LogP contribution in [0.5, 0.6) is 0 Å². The molecule has 0 unspecified atom stereocenters. The van der Waals surface area contributed by atoms with E-state index in [2.05, 4.69) is 10.6 Å². The topological polar surface area (TPSA) is 97.0 Å². The first-order valence-corrected chi connectivity index (χ1v) is 11.4. The van der Waals surface area contributed by atoms with Crippen molar-refractivity contribution in [3.05, 3.63) is 71.8 Å². The fourth-order valence-electron chi connectivity index (χ4n) is 3.40. The Hall–Kier alpha value is -3.39. The zero-order valence-electron chi connectivity index (χ0n) is 20.3. The summed E-state index contributed by atoms with van der Waals surface area (Å²) in [4.78, 5) is 43.4. The van der Waals surface area contributed by atoms with Crippen LogP contribution in [0.3, 0.4) is 0 Å². The predicted octanol–water partition coefficient (Wildman–Crippen LogP) is 3.46. The van der Waals surface area contributed by atoms with Crippen LogP contribution in [0, 0.1) is 5.92 Å². The molecule has 3 amide bonds. The minimum Gasteiger partial charge on any atom is -0.445 e. The third kappa shape index (κ3) is 9.23. The molecule has 184 valence electrons. The molecule has 0 radical (unpaired) electrons. The van der Waals surface area contributed by atoms with Gasteiger partial charge in [0.05, 0.1) is 7.11 Å². The lowest BCUT2D eigenvalue weighted by Crippen LogP contribution is -2.54. The van der Waals surface area contributed by atoms with Crippen LogP contribution in [0.2, 0.25) is 0 Å². The molecule has 8 heteroatoms. The van der Waals surface area contributed by atoms with Gasteiger partial charge in [0.15, 0.2) is 0 Å². The molecule has 2 aromatic carbocycles. The molecule has 2 N–H and O–H groups in total. The fraction of sp³-hybridized carbons (Fsp3) is 0.423. The van der Waals surface area contributed by atoms with Crippen molar-refractivity contribution in [1.82, 2.24) is 15.7 Å². The van der Waals surface area contributed by atoms with Crippen molar-refractivity contribution in [3.8, 4) is 0 Å². The van der Waals surface area contributed by atoms with Crippen LogP contribution >= 0.6 is 0 Å².